The molecule has 0 aliphatic heterocycles. The molecular formula is C15H27N3. The van der Waals surface area contributed by atoms with E-state index in [1.807, 2.05) is 6.92 Å². The van der Waals surface area contributed by atoms with Crippen LogP contribution in [-0.4, -0.2) is 17.6 Å². The highest BCUT2D eigenvalue weighted by Crippen LogP contribution is 2.19. The predicted octanol–water partition coefficient (Wildman–Crippen LogP) is 3.25. The van der Waals surface area contributed by atoms with E-state index in [9.17, 15) is 0 Å². The van der Waals surface area contributed by atoms with E-state index in [-0.39, 0.29) is 0 Å². The number of nitrogens with zero attached hydrogens (tertiary/aromatic N) is 2. The van der Waals surface area contributed by atoms with Gasteiger partial charge in [-0.1, -0.05) is 20.3 Å². The Kier molecular flexibility index (Phi) is 6.13. The van der Waals surface area contributed by atoms with Crippen LogP contribution in [0, 0.1) is 6.92 Å². The van der Waals surface area contributed by atoms with Crippen molar-refractivity contribution in [2.75, 3.05) is 11.4 Å². The maximum Gasteiger partial charge on any atom is 0.129 e. The summed E-state index contributed by atoms with van der Waals surface area (Å²) in [5, 5.41) is 0. The van der Waals surface area contributed by atoms with E-state index >= 15 is 0 Å². The maximum absolute atomic E-state index is 5.75. The number of anilines is 1. The number of nitrogens with two attached hydrogens (primary N) is 1. The lowest BCUT2D eigenvalue weighted by Gasteiger charge is -2.30. The number of pyridine rings is 1. The standard InChI is InChI=1S/C15H27N3/c1-5-7-8-18(13(4)6-2)15-10-14(11-16)9-12(3)17-15/h9-10,13H,5-8,11,16H2,1-4H3. The summed E-state index contributed by atoms with van der Waals surface area (Å²) in [5.41, 5.74) is 7.97. The summed E-state index contributed by atoms with van der Waals surface area (Å²) >= 11 is 0. The van der Waals surface area contributed by atoms with Gasteiger partial charge in [0.1, 0.15) is 5.82 Å². The Morgan fingerprint density at radius 2 is 2.06 bits per heavy atom. The first-order valence-corrected chi connectivity index (χ1v) is 7.06. The van der Waals surface area contributed by atoms with Crippen LogP contribution in [-0.2, 0) is 6.54 Å². The molecule has 0 saturated heterocycles. The average molecular weight is 249 g/mol. The van der Waals surface area contributed by atoms with Gasteiger partial charge < -0.3 is 10.6 Å². The van der Waals surface area contributed by atoms with Gasteiger partial charge in [-0.25, -0.2) is 4.98 Å². The zero-order chi connectivity index (χ0) is 13.5. The molecule has 0 spiro atoms. The number of hydrogen-bond acceptors (Lipinski definition) is 3. The minimum absolute atomic E-state index is 0.525. The Labute approximate surface area is 111 Å². The monoisotopic (exact) mass is 249 g/mol. The zero-order valence-corrected chi connectivity index (χ0v) is 12.2. The highest BCUT2D eigenvalue weighted by Gasteiger charge is 2.14. The molecule has 18 heavy (non-hydrogen) atoms. The van der Waals surface area contributed by atoms with Crippen LogP contribution in [0.2, 0.25) is 0 Å². The van der Waals surface area contributed by atoms with Crippen molar-refractivity contribution in [2.45, 2.75) is 59.5 Å². The van der Waals surface area contributed by atoms with Gasteiger partial charge in [-0.3, -0.25) is 0 Å². The Balaban J connectivity index is 2.99. The van der Waals surface area contributed by atoms with Crippen LogP contribution < -0.4 is 10.6 Å². The van der Waals surface area contributed by atoms with Gasteiger partial charge in [0.25, 0.3) is 0 Å². The molecule has 0 radical (unpaired) electrons. The van der Waals surface area contributed by atoms with Crippen molar-refractivity contribution in [3.63, 3.8) is 0 Å². The van der Waals surface area contributed by atoms with Crippen LogP contribution >= 0.6 is 0 Å². The second-order valence-electron chi connectivity index (χ2n) is 4.98. The SMILES string of the molecule is CCCCN(c1cc(CN)cc(C)n1)C(C)CC. The van der Waals surface area contributed by atoms with Gasteiger partial charge in [-0.15, -0.1) is 0 Å². The van der Waals surface area contributed by atoms with Gasteiger partial charge in [-0.2, -0.15) is 0 Å². The molecule has 3 nitrogen and oxygen atoms in total. The first-order chi connectivity index (χ1) is 8.62. The van der Waals surface area contributed by atoms with Gasteiger partial charge in [-0.05, 0) is 44.4 Å². The molecule has 0 amide bonds. The number of aromatic nitrogens is 1. The van der Waals surface area contributed by atoms with E-state index in [1.54, 1.807) is 0 Å². The molecular weight excluding hydrogens is 222 g/mol. The lowest BCUT2D eigenvalue weighted by atomic mass is 10.1. The van der Waals surface area contributed by atoms with Crippen molar-refractivity contribution in [2.24, 2.45) is 5.73 Å². The fourth-order valence-electron chi connectivity index (χ4n) is 2.10. The summed E-state index contributed by atoms with van der Waals surface area (Å²) in [4.78, 5) is 7.09. The number of hydrogen-bond donors (Lipinski definition) is 1. The Bertz CT molecular complexity index is 363. The summed E-state index contributed by atoms with van der Waals surface area (Å²) in [6.07, 6.45) is 3.55. The Morgan fingerprint density at radius 1 is 1.33 bits per heavy atom. The van der Waals surface area contributed by atoms with Gasteiger partial charge in [0.15, 0.2) is 0 Å². The molecule has 102 valence electrons. The van der Waals surface area contributed by atoms with Crippen molar-refractivity contribution < 1.29 is 0 Å². The molecule has 0 aromatic carbocycles. The smallest absolute Gasteiger partial charge is 0.129 e. The predicted molar refractivity (Wildman–Crippen MR) is 78.9 cm³/mol. The van der Waals surface area contributed by atoms with E-state index in [0.717, 1.165) is 24.5 Å². The molecule has 3 heteroatoms. The van der Waals surface area contributed by atoms with Gasteiger partial charge in [0.05, 0.1) is 0 Å². The lowest BCUT2D eigenvalue weighted by Crippen LogP contribution is -2.34. The van der Waals surface area contributed by atoms with E-state index in [0.29, 0.717) is 12.6 Å². The fourth-order valence-corrected chi connectivity index (χ4v) is 2.10. The number of unbranched alkanes of at least 4 members (excludes halogenated alkanes) is 1. The topological polar surface area (TPSA) is 42.1 Å². The minimum Gasteiger partial charge on any atom is -0.354 e. The summed E-state index contributed by atoms with van der Waals surface area (Å²) < 4.78 is 0. The highest BCUT2D eigenvalue weighted by atomic mass is 15.2. The van der Waals surface area contributed by atoms with Crippen molar-refractivity contribution in [1.29, 1.82) is 0 Å². The molecule has 0 aliphatic carbocycles. The van der Waals surface area contributed by atoms with Crippen LogP contribution in [0.3, 0.4) is 0 Å². The van der Waals surface area contributed by atoms with E-state index in [4.69, 9.17) is 5.73 Å². The minimum atomic E-state index is 0.525. The molecule has 1 atom stereocenters. The lowest BCUT2D eigenvalue weighted by molar-refractivity contribution is 0.589. The molecule has 1 heterocycles. The summed E-state index contributed by atoms with van der Waals surface area (Å²) in [6, 6.07) is 4.73. The van der Waals surface area contributed by atoms with Crippen molar-refractivity contribution in [3.8, 4) is 0 Å². The molecule has 0 fully saturated rings. The van der Waals surface area contributed by atoms with Crippen LogP contribution in [0.5, 0.6) is 0 Å². The Hall–Kier alpha value is -1.09. The third-order valence-electron chi connectivity index (χ3n) is 3.41. The molecule has 1 rings (SSSR count). The third kappa shape index (κ3) is 3.98. The normalized spacial score (nSPS) is 12.5. The van der Waals surface area contributed by atoms with Crippen molar-refractivity contribution in [3.05, 3.63) is 23.4 Å². The largest absolute Gasteiger partial charge is 0.354 e. The van der Waals surface area contributed by atoms with Crippen molar-refractivity contribution >= 4 is 5.82 Å². The first kappa shape index (κ1) is 15.0. The second-order valence-corrected chi connectivity index (χ2v) is 4.98. The van der Waals surface area contributed by atoms with Gasteiger partial charge in [0.2, 0.25) is 0 Å². The molecule has 1 unspecified atom stereocenters. The highest BCUT2D eigenvalue weighted by molar-refractivity contribution is 5.43. The van der Waals surface area contributed by atoms with E-state index in [2.05, 4.69) is 42.8 Å². The summed E-state index contributed by atoms with van der Waals surface area (Å²) in [6.45, 7) is 10.4. The molecule has 1 aromatic heterocycles. The number of aryl methyl sites for hydroxylation is 1. The summed E-state index contributed by atoms with van der Waals surface area (Å²) in [5.74, 6) is 1.08. The van der Waals surface area contributed by atoms with Gasteiger partial charge >= 0.3 is 0 Å². The molecule has 2 N–H and O–H groups in total. The average Bonchev–Trinajstić information content (AvgIpc) is 2.38. The summed E-state index contributed by atoms with van der Waals surface area (Å²) in [7, 11) is 0. The van der Waals surface area contributed by atoms with Crippen LogP contribution in [0.15, 0.2) is 12.1 Å². The van der Waals surface area contributed by atoms with E-state index in [1.165, 1.54) is 18.4 Å². The fraction of sp³-hybridized carbons (Fsp3) is 0.667. The van der Waals surface area contributed by atoms with Crippen molar-refractivity contribution in [1.82, 2.24) is 4.98 Å². The Morgan fingerprint density at radius 3 is 2.61 bits per heavy atom. The van der Waals surface area contributed by atoms with Crippen LogP contribution in [0.25, 0.3) is 0 Å². The quantitative estimate of drug-likeness (QED) is 0.806. The van der Waals surface area contributed by atoms with E-state index < -0.39 is 0 Å². The van der Waals surface area contributed by atoms with Crippen LogP contribution in [0.4, 0.5) is 5.82 Å². The zero-order valence-electron chi connectivity index (χ0n) is 12.2. The molecule has 0 aliphatic rings. The van der Waals surface area contributed by atoms with Gasteiger partial charge in [0, 0.05) is 24.8 Å². The first-order valence-electron chi connectivity index (χ1n) is 7.06. The molecule has 0 bridgehead atoms. The maximum atomic E-state index is 5.75. The number of rotatable bonds is 7. The third-order valence-corrected chi connectivity index (χ3v) is 3.41. The molecule has 0 saturated carbocycles. The molecule has 1 aromatic rings. The van der Waals surface area contributed by atoms with Crippen LogP contribution in [0.1, 0.15) is 51.3 Å². The second kappa shape index (κ2) is 7.37.